The quantitative estimate of drug-likeness (QED) is 0.703. The molecule has 1 saturated heterocycles. The molecule has 0 aromatic carbocycles. The summed E-state index contributed by atoms with van der Waals surface area (Å²) in [5, 5.41) is 19.1. The molecule has 1 aliphatic rings. The lowest BCUT2D eigenvalue weighted by Crippen LogP contribution is -2.43. The first-order valence-corrected chi connectivity index (χ1v) is 6.38. The lowest BCUT2D eigenvalue weighted by molar-refractivity contribution is 0.00609. The first kappa shape index (κ1) is 13.9. The van der Waals surface area contributed by atoms with Gasteiger partial charge in [-0.3, -0.25) is 4.90 Å². The maximum Gasteiger partial charge on any atom is 0.0900 e. The lowest BCUT2D eigenvalue weighted by atomic mass is 10.1. The molecule has 0 aliphatic carbocycles. The van der Waals surface area contributed by atoms with Crippen LogP contribution in [0.3, 0.4) is 0 Å². The van der Waals surface area contributed by atoms with Crippen LogP contribution in [0.15, 0.2) is 0 Å². The van der Waals surface area contributed by atoms with Gasteiger partial charge in [0, 0.05) is 19.2 Å². The van der Waals surface area contributed by atoms with E-state index in [0.717, 1.165) is 19.4 Å². The molecule has 1 rings (SSSR count). The third-order valence-electron chi connectivity index (χ3n) is 3.17. The maximum absolute atomic E-state index is 9.79. The third-order valence-corrected chi connectivity index (χ3v) is 3.17. The van der Waals surface area contributed by atoms with E-state index in [1.54, 1.807) is 0 Å². The van der Waals surface area contributed by atoms with Crippen LogP contribution in [-0.2, 0) is 4.74 Å². The van der Waals surface area contributed by atoms with Crippen LogP contribution < -0.4 is 0 Å². The van der Waals surface area contributed by atoms with Crippen LogP contribution in [0.5, 0.6) is 0 Å². The predicted molar refractivity (Wildman–Crippen MR) is 63.4 cm³/mol. The largest absolute Gasteiger partial charge is 0.395 e. The van der Waals surface area contributed by atoms with Gasteiger partial charge in [-0.1, -0.05) is 12.8 Å². The number of hydrogen-bond acceptors (Lipinski definition) is 4. The van der Waals surface area contributed by atoms with Crippen molar-refractivity contribution in [3.63, 3.8) is 0 Å². The van der Waals surface area contributed by atoms with Crippen LogP contribution >= 0.6 is 0 Å². The van der Waals surface area contributed by atoms with Crippen molar-refractivity contribution in [1.29, 1.82) is 0 Å². The molecule has 0 aromatic rings. The van der Waals surface area contributed by atoms with Crippen LogP contribution in [-0.4, -0.2) is 60.2 Å². The Balaban J connectivity index is 2.35. The van der Waals surface area contributed by atoms with Gasteiger partial charge < -0.3 is 14.9 Å². The smallest absolute Gasteiger partial charge is 0.0900 e. The molecule has 96 valence electrons. The molecular weight excluding hydrogens is 206 g/mol. The molecule has 1 fully saturated rings. The Bertz CT molecular complexity index is 178. The number of ether oxygens (including phenoxy) is 1. The Hall–Kier alpha value is -0.160. The summed E-state index contributed by atoms with van der Waals surface area (Å²) in [7, 11) is 0. The molecule has 0 spiro atoms. The molecule has 1 heterocycles. The zero-order valence-electron chi connectivity index (χ0n) is 10.3. The monoisotopic (exact) mass is 231 g/mol. The van der Waals surface area contributed by atoms with Crippen molar-refractivity contribution >= 4 is 0 Å². The Labute approximate surface area is 98.2 Å². The van der Waals surface area contributed by atoms with Gasteiger partial charge in [0.15, 0.2) is 0 Å². The summed E-state index contributed by atoms with van der Waals surface area (Å²) in [6.45, 7) is 4.75. The molecule has 0 radical (unpaired) electrons. The van der Waals surface area contributed by atoms with Crippen LogP contribution in [0.1, 0.15) is 32.6 Å². The van der Waals surface area contributed by atoms with E-state index in [9.17, 15) is 10.2 Å². The summed E-state index contributed by atoms with van der Waals surface area (Å²) in [6, 6.07) is 0.221. The standard InChI is InChI=1S/C12H25NO3/c1-2-16-10-12(15)8-13-7-5-3-4-6-11(13)9-14/h11-12,14-15H,2-10H2,1H3. The number of hydrogen-bond donors (Lipinski definition) is 2. The highest BCUT2D eigenvalue weighted by molar-refractivity contribution is 4.76. The molecule has 0 aromatic heterocycles. The average Bonchev–Trinajstić information content (AvgIpc) is 2.51. The SMILES string of the molecule is CCOCC(O)CN1CCCCCC1CO. The van der Waals surface area contributed by atoms with E-state index in [1.165, 1.54) is 12.8 Å². The van der Waals surface area contributed by atoms with E-state index in [2.05, 4.69) is 4.90 Å². The normalized spacial score (nSPS) is 25.3. The van der Waals surface area contributed by atoms with Gasteiger partial charge in [0.05, 0.1) is 19.3 Å². The minimum atomic E-state index is -0.438. The highest BCUT2D eigenvalue weighted by Crippen LogP contribution is 2.16. The first-order valence-electron chi connectivity index (χ1n) is 6.38. The number of rotatable bonds is 6. The molecule has 4 heteroatoms. The zero-order chi connectivity index (χ0) is 11.8. The highest BCUT2D eigenvalue weighted by Gasteiger charge is 2.22. The van der Waals surface area contributed by atoms with Gasteiger partial charge in [-0.15, -0.1) is 0 Å². The van der Waals surface area contributed by atoms with E-state index in [1.807, 2.05) is 6.92 Å². The summed E-state index contributed by atoms with van der Waals surface area (Å²) in [5.74, 6) is 0. The van der Waals surface area contributed by atoms with Gasteiger partial charge >= 0.3 is 0 Å². The van der Waals surface area contributed by atoms with Crippen molar-refractivity contribution in [2.75, 3.05) is 32.9 Å². The van der Waals surface area contributed by atoms with E-state index in [0.29, 0.717) is 19.8 Å². The Morgan fingerprint density at radius 3 is 2.88 bits per heavy atom. The van der Waals surface area contributed by atoms with Crippen molar-refractivity contribution in [3.8, 4) is 0 Å². The second kappa shape index (κ2) is 8.01. The summed E-state index contributed by atoms with van der Waals surface area (Å²) in [5.41, 5.74) is 0. The lowest BCUT2D eigenvalue weighted by Gasteiger charge is -2.30. The van der Waals surface area contributed by atoms with Gasteiger partial charge in [0.2, 0.25) is 0 Å². The Morgan fingerprint density at radius 1 is 1.38 bits per heavy atom. The van der Waals surface area contributed by atoms with Gasteiger partial charge in [-0.05, 0) is 26.3 Å². The molecule has 1 aliphatic heterocycles. The third kappa shape index (κ3) is 4.78. The van der Waals surface area contributed by atoms with Crippen LogP contribution in [0.2, 0.25) is 0 Å². The van der Waals surface area contributed by atoms with E-state index < -0.39 is 6.10 Å². The molecule has 4 nitrogen and oxygen atoms in total. The zero-order valence-corrected chi connectivity index (χ0v) is 10.3. The van der Waals surface area contributed by atoms with Gasteiger partial charge in [0.1, 0.15) is 0 Å². The number of aliphatic hydroxyl groups is 2. The molecule has 2 N–H and O–H groups in total. The van der Waals surface area contributed by atoms with Gasteiger partial charge in [-0.2, -0.15) is 0 Å². The number of aliphatic hydroxyl groups excluding tert-OH is 2. The Kier molecular flexibility index (Phi) is 6.96. The number of nitrogens with zero attached hydrogens (tertiary/aromatic N) is 1. The van der Waals surface area contributed by atoms with Gasteiger partial charge in [0.25, 0.3) is 0 Å². The fourth-order valence-electron chi connectivity index (χ4n) is 2.26. The molecular formula is C12H25NO3. The van der Waals surface area contributed by atoms with Crippen LogP contribution in [0.25, 0.3) is 0 Å². The Morgan fingerprint density at radius 2 is 2.19 bits per heavy atom. The van der Waals surface area contributed by atoms with Crippen LogP contribution in [0.4, 0.5) is 0 Å². The molecule has 0 amide bonds. The van der Waals surface area contributed by atoms with Crippen molar-refractivity contribution in [2.45, 2.75) is 44.8 Å². The fourth-order valence-corrected chi connectivity index (χ4v) is 2.26. The topological polar surface area (TPSA) is 52.9 Å². The molecule has 2 unspecified atom stereocenters. The van der Waals surface area contributed by atoms with E-state index in [-0.39, 0.29) is 12.6 Å². The minimum Gasteiger partial charge on any atom is -0.395 e. The molecule has 16 heavy (non-hydrogen) atoms. The van der Waals surface area contributed by atoms with Crippen molar-refractivity contribution in [3.05, 3.63) is 0 Å². The highest BCUT2D eigenvalue weighted by atomic mass is 16.5. The van der Waals surface area contributed by atoms with Crippen molar-refractivity contribution in [1.82, 2.24) is 4.90 Å². The summed E-state index contributed by atoms with van der Waals surface area (Å²) in [4.78, 5) is 2.21. The second-order valence-corrected chi connectivity index (χ2v) is 4.49. The number of β-amino-alcohol motifs (C(OH)–C–C–N with tert-alkyl or cyclic N) is 1. The van der Waals surface area contributed by atoms with Crippen molar-refractivity contribution in [2.24, 2.45) is 0 Å². The predicted octanol–water partition coefficient (Wildman–Crippen LogP) is 0.621. The van der Waals surface area contributed by atoms with Gasteiger partial charge in [-0.25, -0.2) is 0 Å². The minimum absolute atomic E-state index is 0.196. The van der Waals surface area contributed by atoms with E-state index in [4.69, 9.17) is 4.74 Å². The average molecular weight is 231 g/mol. The summed E-state index contributed by atoms with van der Waals surface area (Å²) >= 11 is 0. The first-order chi connectivity index (χ1) is 7.77. The maximum atomic E-state index is 9.79. The van der Waals surface area contributed by atoms with Crippen molar-refractivity contribution < 1.29 is 14.9 Å². The molecule has 0 saturated carbocycles. The van der Waals surface area contributed by atoms with E-state index >= 15 is 0 Å². The fraction of sp³-hybridized carbons (Fsp3) is 1.00. The molecule has 2 atom stereocenters. The van der Waals surface area contributed by atoms with Crippen LogP contribution in [0, 0.1) is 0 Å². The number of likely N-dealkylation sites (tertiary alicyclic amines) is 1. The summed E-state index contributed by atoms with van der Waals surface area (Å²) in [6.07, 6.45) is 4.18. The second-order valence-electron chi connectivity index (χ2n) is 4.49. The summed E-state index contributed by atoms with van der Waals surface area (Å²) < 4.78 is 5.20. The molecule has 0 bridgehead atoms.